The van der Waals surface area contributed by atoms with Gasteiger partial charge in [0.15, 0.2) is 0 Å². The third kappa shape index (κ3) is 3.41. The van der Waals surface area contributed by atoms with Gasteiger partial charge >= 0.3 is 0 Å². The average molecular weight is 243 g/mol. The molecule has 1 heterocycles. The summed E-state index contributed by atoms with van der Waals surface area (Å²) in [7, 11) is 1.71. The molecule has 0 aromatic carbocycles. The standard InChI is InChI=1S/C11H21N3O3/c1-3-17-7-8(13-2)11(16)14-6-4-5-9(14)10(12)15/h8-9,13H,3-7H2,1-2H3,(H2,12,15)/t8-,9-/m0/s1. The molecular formula is C11H21N3O3. The highest BCUT2D eigenvalue weighted by atomic mass is 16.5. The highest BCUT2D eigenvalue weighted by Crippen LogP contribution is 2.17. The molecule has 2 atom stereocenters. The summed E-state index contributed by atoms with van der Waals surface area (Å²) in [6, 6.07) is -0.866. The molecule has 1 aliphatic heterocycles. The fourth-order valence-corrected chi connectivity index (χ4v) is 2.04. The number of rotatable bonds is 6. The van der Waals surface area contributed by atoms with Gasteiger partial charge in [-0.15, -0.1) is 0 Å². The molecule has 6 heteroatoms. The fourth-order valence-electron chi connectivity index (χ4n) is 2.04. The first-order chi connectivity index (χ1) is 8.11. The number of primary amides is 1. The molecule has 0 unspecified atom stereocenters. The van der Waals surface area contributed by atoms with Gasteiger partial charge in [0.25, 0.3) is 0 Å². The predicted octanol–water partition coefficient (Wildman–Crippen LogP) is -0.913. The number of nitrogens with zero attached hydrogens (tertiary/aromatic N) is 1. The largest absolute Gasteiger partial charge is 0.380 e. The van der Waals surface area contributed by atoms with Crippen LogP contribution in [0.1, 0.15) is 19.8 Å². The van der Waals surface area contributed by atoms with Gasteiger partial charge < -0.3 is 20.7 Å². The third-order valence-electron chi connectivity index (χ3n) is 3.00. The van der Waals surface area contributed by atoms with E-state index in [0.29, 0.717) is 26.2 Å². The van der Waals surface area contributed by atoms with Crippen molar-refractivity contribution in [1.29, 1.82) is 0 Å². The molecule has 0 aromatic heterocycles. The predicted molar refractivity (Wildman–Crippen MR) is 63.3 cm³/mol. The fraction of sp³-hybridized carbons (Fsp3) is 0.818. The van der Waals surface area contributed by atoms with Gasteiger partial charge in [0.05, 0.1) is 6.61 Å². The van der Waals surface area contributed by atoms with Crippen molar-refractivity contribution in [2.75, 3.05) is 26.8 Å². The van der Waals surface area contributed by atoms with Gasteiger partial charge in [0, 0.05) is 13.2 Å². The minimum atomic E-state index is -0.458. The van der Waals surface area contributed by atoms with Gasteiger partial charge in [-0.1, -0.05) is 0 Å². The average Bonchev–Trinajstić information content (AvgIpc) is 2.78. The molecule has 1 fully saturated rings. The quantitative estimate of drug-likeness (QED) is 0.632. The van der Waals surface area contributed by atoms with E-state index in [4.69, 9.17) is 10.5 Å². The highest BCUT2D eigenvalue weighted by Gasteiger charge is 2.35. The van der Waals surface area contributed by atoms with Crippen LogP contribution in [0.3, 0.4) is 0 Å². The lowest BCUT2D eigenvalue weighted by atomic mass is 10.2. The first-order valence-electron chi connectivity index (χ1n) is 5.96. The number of hydrogen-bond acceptors (Lipinski definition) is 4. The number of amides is 2. The lowest BCUT2D eigenvalue weighted by molar-refractivity contribution is -0.140. The normalized spacial score (nSPS) is 21.5. The van der Waals surface area contributed by atoms with Crippen molar-refractivity contribution in [2.24, 2.45) is 5.73 Å². The SMILES string of the molecule is CCOC[C@H](NC)C(=O)N1CCC[C@H]1C(N)=O. The molecule has 0 saturated carbocycles. The monoisotopic (exact) mass is 243 g/mol. The minimum Gasteiger partial charge on any atom is -0.380 e. The molecule has 98 valence electrons. The van der Waals surface area contributed by atoms with E-state index in [0.717, 1.165) is 6.42 Å². The van der Waals surface area contributed by atoms with E-state index >= 15 is 0 Å². The molecule has 0 aliphatic carbocycles. The number of ether oxygens (including phenoxy) is 1. The van der Waals surface area contributed by atoms with Gasteiger partial charge in [0.1, 0.15) is 12.1 Å². The van der Waals surface area contributed by atoms with Crippen LogP contribution in [0.15, 0.2) is 0 Å². The van der Waals surface area contributed by atoms with Crippen LogP contribution < -0.4 is 11.1 Å². The summed E-state index contributed by atoms with van der Waals surface area (Å²) in [6.45, 7) is 3.34. The summed E-state index contributed by atoms with van der Waals surface area (Å²) in [5.74, 6) is -0.538. The minimum absolute atomic E-state index is 0.109. The summed E-state index contributed by atoms with van der Waals surface area (Å²) >= 11 is 0. The number of carbonyl (C=O) groups is 2. The number of nitrogens with two attached hydrogens (primary N) is 1. The van der Waals surface area contributed by atoms with Crippen LogP contribution in [0, 0.1) is 0 Å². The Morgan fingerprint density at radius 1 is 1.59 bits per heavy atom. The smallest absolute Gasteiger partial charge is 0.242 e. The summed E-state index contributed by atoms with van der Waals surface area (Å²) in [4.78, 5) is 24.9. The Hall–Kier alpha value is -1.14. The van der Waals surface area contributed by atoms with Crippen molar-refractivity contribution in [2.45, 2.75) is 31.8 Å². The second-order valence-electron chi connectivity index (χ2n) is 4.09. The Kier molecular flexibility index (Phi) is 5.37. The van der Waals surface area contributed by atoms with Gasteiger partial charge in [-0.2, -0.15) is 0 Å². The molecule has 1 aliphatic rings. The van der Waals surface area contributed by atoms with Crippen molar-refractivity contribution in [3.63, 3.8) is 0 Å². The lowest BCUT2D eigenvalue weighted by Gasteiger charge is -2.26. The molecule has 6 nitrogen and oxygen atoms in total. The summed E-state index contributed by atoms with van der Waals surface area (Å²) in [5.41, 5.74) is 5.28. The number of carbonyl (C=O) groups excluding carboxylic acids is 2. The van der Waals surface area contributed by atoms with Gasteiger partial charge in [0.2, 0.25) is 11.8 Å². The van der Waals surface area contributed by atoms with Crippen molar-refractivity contribution in [1.82, 2.24) is 10.2 Å². The van der Waals surface area contributed by atoms with Crippen LogP contribution in [-0.2, 0) is 14.3 Å². The van der Waals surface area contributed by atoms with Crippen molar-refractivity contribution < 1.29 is 14.3 Å². The Labute approximate surface area is 101 Å². The van der Waals surface area contributed by atoms with E-state index in [1.807, 2.05) is 6.92 Å². The van der Waals surface area contributed by atoms with Crippen molar-refractivity contribution >= 4 is 11.8 Å². The Morgan fingerprint density at radius 3 is 2.82 bits per heavy atom. The van der Waals surface area contributed by atoms with Crippen molar-refractivity contribution in [3.8, 4) is 0 Å². The van der Waals surface area contributed by atoms with Crippen LogP contribution in [0.2, 0.25) is 0 Å². The van der Waals surface area contributed by atoms with Crippen LogP contribution in [0.4, 0.5) is 0 Å². The number of likely N-dealkylation sites (N-methyl/N-ethyl adjacent to an activating group) is 1. The van der Waals surface area contributed by atoms with Crippen LogP contribution in [-0.4, -0.2) is 55.6 Å². The lowest BCUT2D eigenvalue weighted by Crippen LogP contribution is -2.52. The zero-order chi connectivity index (χ0) is 12.8. The maximum Gasteiger partial charge on any atom is 0.242 e. The number of nitrogens with one attached hydrogen (secondary N) is 1. The zero-order valence-corrected chi connectivity index (χ0v) is 10.4. The second kappa shape index (κ2) is 6.56. The molecular weight excluding hydrogens is 222 g/mol. The molecule has 1 saturated heterocycles. The van der Waals surface area contributed by atoms with Crippen LogP contribution >= 0.6 is 0 Å². The summed E-state index contributed by atoms with van der Waals surface area (Å²) < 4.78 is 5.24. The highest BCUT2D eigenvalue weighted by molar-refractivity contribution is 5.89. The summed E-state index contributed by atoms with van der Waals surface area (Å²) in [6.07, 6.45) is 1.48. The van der Waals surface area contributed by atoms with Crippen LogP contribution in [0.5, 0.6) is 0 Å². The van der Waals surface area contributed by atoms with Crippen molar-refractivity contribution in [3.05, 3.63) is 0 Å². The third-order valence-corrected chi connectivity index (χ3v) is 3.00. The molecule has 0 spiro atoms. The van der Waals surface area contributed by atoms with E-state index < -0.39 is 18.0 Å². The molecule has 2 amide bonds. The van der Waals surface area contributed by atoms with Gasteiger partial charge in [-0.25, -0.2) is 0 Å². The topological polar surface area (TPSA) is 84.7 Å². The number of likely N-dealkylation sites (tertiary alicyclic amines) is 1. The van der Waals surface area contributed by atoms with E-state index in [1.165, 1.54) is 0 Å². The van der Waals surface area contributed by atoms with Crippen LogP contribution in [0.25, 0.3) is 0 Å². The Balaban J connectivity index is 2.63. The Morgan fingerprint density at radius 2 is 2.29 bits per heavy atom. The van der Waals surface area contributed by atoms with Gasteiger partial charge in [-0.05, 0) is 26.8 Å². The zero-order valence-electron chi connectivity index (χ0n) is 10.4. The van der Waals surface area contributed by atoms with E-state index in [-0.39, 0.29) is 5.91 Å². The van der Waals surface area contributed by atoms with E-state index in [9.17, 15) is 9.59 Å². The number of hydrogen-bond donors (Lipinski definition) is 2. The second-order valence-corrected chi connectivity index (χ2v) is 4.09. The maximum atomic E-state index is 12.2. The van der Waals surface area contributed by atoms with E-state index in [1.54, 1.807) is 11.9 Å². The molecule has 0 radical (unpaired) electrons. The van der Waals surface area contributed by atoms with E-state index in [2.05, 4.69) is 5.32 Å². The first-order valence-corrected chi connectivity index (χ1v) is 5.96. The molecule has 1 rings (SSSR count). The van der Waals surface area contributed by atoms with Gasteiger partial charge in [-0.3, -0.25) is 9.59 Å². The molecule has 0 bridgehead atoms. The Bertz CT molecular complexity index is 283. The maximum absolute atomic E-state index is 12.2. The molecule has 17 heavy (non-hydrogen) atoms. The molecule has 0 aromatic rings. The first kappa shape index (κ1) is 13.9. The molecule has 3 N–H and O–H groups in total. The summed E-state index contributed by atoms with van der Waals surface area (Å²) in [5, 5.41) is 2.90.